The summed E-state index contributed by atoms with van der Waals surface area (Å²) in [5, 5.41) is 0.908. The smallest absolute Gasteiger partial charge is 0.339 e. The minimum Gasteiger partial charge on any atom is -0.465 e. The summed E-state index contributed by atoms with van der Waals surface area (Å²) < 4.78 is 4.60. The fraction of sp³-hybridized carbons (Fsp3) is 0.333. The van der Waals surface area contributed by atoms with E-state index in [1.165, 1.54) is 7.11 Å². The second-order valence-electron chi connectivity index (χ2n) is 2.48. The molecule has 1 aromatic heterocycles. The van der Waals surface area contributed by atoms with Gasteiger partial charge in [0.2, 0.25) is 0 Å². The van der Waals surface area contributed by atoms with Gasteiger partial charge in [-0.2, -0.15) is 0 Å². The van der Waals surface area contributed by atoms with Gasteiger partial charge in [0.15, 0.2) is 0 Å². The molecule has 0 aliphatic rings. The third kappa shape index (κ3) is 2.21. The standard InChI is InChI=1S/C9H11NO2S/c1-6-7(9(11)12-2)4-5-8(10-6)13-3/h4-5H,1-3H3. The first-order valence-corrected chi connectivity index (χ1v) is 5.01. The molecule has 0 amide bonds. The third-order valence-electron chi connectivity index (χ3n) is 1.67. The number of hydrogen-bond acceptors (Lipinski definition) is 4. The van der Waals surface area contributed by atoms with Crippen LogP contribution in [-0.4, -0.2) is 24.3 Å². The van der Waals surface area contributed by atoms with Crippen LogP contribution in [0.25, 0.3) is 0 Å². The van der Waals surface area contributed by atoms with Crippen LogP contribution in [0.1, 0.15) is 16.1 Å². The van der Waals surface area contributed by atoms with E-state index in [-0.39, 0.29) is 5.97 Å². The molecular weight excluding hydrogens is 186 g/mol. The lowest BCUT2D eigenvalue weighted by molar-refractivity contribution is 0.0599. The van der Waals surface area contributed by atoms with E-state index in [2.05, 4.69) is 9.72 Å². The van der Waals surface area contributed by atoms with E-state index < -0.39 is 0 Å². The highest BCUT2D eigenvalue weighted by molar-refractivity contribution is 7.98. The fourth-order valence-corrected chi connectivity index (χ4v) is 1.41. The number of methoxy groups -OCH3 is 1. The molecule has 1 aromatic rings. The molecular formula is C9H11NO2S. The van der Waals surface area contributed by atoms with E-state index in [4.69, 9.17) is 0 Å². The van der Waals surface area contributed by atoms with Crippen LogP contribution in [0.5, 0.6) is 0 Å². The Morgan fingerprint density at radius 2 is 2.23 bits per heavy atom. The van der Waals surface area contributed by atoms with Gasteiger partial charge in [-0.05, 0) is 25.3 Å². The summed E-state index contributed by atoms with van der Waals surface area (Å²) in [5.74, 6) is -0.336. The van der Waals surface area contributed by atoms with Gasteiger partial charge in [-0.15, -0.1) is 11.8 Å². The molecule has 0 spiro atoms. The number of aryl methyl sites for hydroxylation is 1. The Hall–Kier alpha value is -1.03. The molecule has 4 heteroatoms. The van der Waals surface area contributed by atoms with Crippen molar-refractivity contribution in [3.63, 3.8) is 0 Å². The number of hydrogen-bond donors (Lipinski definition) is 0. The maximum absolute atomic E-state index is 11.2. The number of carbonyl (C=O) groups is 1. The summed E-state index contributed by atoms with van der Waals surface area (Å²) in [6.45, 7) is 1.80. The average molecular weight is 197 g/mol. The first-order chi connectivity index (χ1) is 6.19. The zero-order chi connectivity index (χ0) is 9.84. The number of ether oxygens (including phenoxy) is 1. The molecule has 1 heterocycles. The van der Waals surface area contributed by atoms with Crippen molar-refractivity contribution >= 4 is 17.7 Å². The summed E-state index contributed by atoms with van der Waals surface area (Å²) in [6.07, 6.45) is 1.94. The van der Waals surface area contributed by atoms with Crippen molar-refractivity contribution in [2.75, 3.05) is 13.4 Å². The van der Waals surface area contributed by atoms with Gasteiger partial charge in [0, 0.05) is 0 Å². The highest BCUT2D eigenvalue weighted by Crippen LogP contribution is 2.15. The van der Waals surface area contributed by atoms with Gasteiger partial charge in [0.25, 0.3) is 0 Å². The van der Waals surface area contributed by atoms with E-state index in [1.807, 2.05) is 12.3 Å². The van der Waals surface area contributed by atoms with E-state index in [0.717, 1.165) is 5.03 Å². The van der Waals surface area contributed by atoms with Gasteiger partial charge in [-0.3, -0.25) is 0 Å². The lowest BCUT2D eigenvalue weighted by atomic mass is 10.2. The number of pyridine rings is 1. The summed E-state index contributed by atoms with van der Waals surface area (Å²) >= 11 is 1.55. The van der Waals surface area contributed by atoms with Crippen LogP contribution in [0.3, 0.4) is 0 Å². The summed E-state index contributed by atoms with van der Waals surface area (Å²) in [7, 11) is 1.37. The molecule has 0 aliphatic heterocycles. The molecule has 0 aliphatic carbocycles. The van der Waals surface area contributed by atoms with Crippen LogP contribution in [-0.2, 0) is 4.74 Å². The zero-order valence-electron chi connectivity index (χ0n) is 7.83. The predicted octanol–water partition coefficient (Wildman–Crippen LogP) is 1.90. The molecule has 0 bridgehead atoms. The van der Waals surface area contributed by atoms with Crippen molar-refractivity contribution in [3.8, 4) is 0 Å². The van der Waals surface area contributed by atoms with Gasteiger partial charge < -0.3 is 4.74 Å². The van der Waals surface area contributed by atoms with Crippen LogP contribution in [0.2, 0.25) is 0 Å². The normalized spacial score (nSPS) is 9.77. The second kappa shape index (κ2) is 4.28. The lowest BCUT2D eigenvalue weighted by Crippen LogP contribution is -2.05. The van der Waals surface area contributed by atoms with E-state index in [9.17, 15) is 4.79 Å². The summed E-state index contributed by atoms with van der Waals surface area (Å²) in [5.41, 5.74) is 1.24. The van der Waals surface area contributed by atoms with Crippen molar-refractivity contribution in [3.05, 3.63) is 23.4 Å². The summed E-state index contributed by atoms with van der Waals surface area (Å²) in [6, 6.07) is 3.55. The van der Waals surface area contributed by atoms with Crippen molar-refractivity contribution in [1.29, 1.82) is 0 Å². The predicted molar refractivity (Wildman–Crippen MR) is 52.1 cm³/mol. The fourth-order valence-electron chi connectivity index (χ4n) is 0.977. The number of rotatable bonds is 2. The molecule has 0 radical (unpaired) electrons. The van der Waals surface area contributed by atoms with Crippen molar-refractivity contribution < 1.29 is 9.53 Å². The molecule has 0 saturated carbocycles. The molecule has 0 unspecified atom stereocenters. The van der Waals surface area contributed by atoms with Crippen LogP contribution in [0.15, 0.2) is 17.2 Å². The minimum atomic E-state index is -0.336. The van der Waals surface area contributed by atoms with Crippen LogP contribution in [0, 0.1) is 6.92 Å². The second-order valence-corrected chi connectivity index (χ2v) is 3.30. The van der Waals surface area contributed by atoms with Crippen LogP contribution < -0.4 is 0 Å². The maximum atomic E-state index is 11.2. The Morgan fingerprint density at radius 3 is 2.69 bits per heavy atom. The minimum absolute atomic E-state index is 0.336. The van der Waals surface area contributed by atoms with Gasteiger partial charge in [0.05, 0.1) is 23.4 Å². The average Bonchev–Trinajstić information content (AvgIpc) is 2.16. The third-order valence-corrected chi connectivity index (χ3v) is 2.32. The highest BCUT2D eigenvalue weighted by atomic mass is 32.2. The molecule has 0 saturated heterocycles. The Balaban J connectivity index is 3.05. The zero-order valence-corrected chi connectivity index (χ0v) is 8.64. The Kier molecular flexibility index (Phi) is 3.31. The number of thioether (sulfide) groups is 1. The van der Waals surface area contributed by atoms with Crippen molar-refractivity contribution in [1.82, 2.24) is 4.98 Å². The molecule has 1 rings (SSSR count). The lowest BCUT2D eigenvalue weighted by Gasteiger charge is -2.03. The number of esters is 1. The van der Waals surface area contributed by atoms with Crippen molar-refractivity contribution in [2.24, 2.45) is 0 Å². The SMILES string of the molecule is COC(=O)c1ccc(SC)nc1C. The largest absolute Gasteiger partial charge is 0.465 e. The molecule has 13 heavy (non-hydrogen) atoms. The number of carbonyl (C=O) groups excluding carboxylic acids is 1. The molecule has 0 atom stereocenters. The molecule has 70 valence electrons. The van der Waals surface area contributed by atoms with Gasteiger partial charge in [-0.25, -0.2) is 9.78 Å². The van der Waals surface area contributed by atoms with Gasteiger partial charge >= 0.3 is 5.97 Å². The monoisotopic (exact) mass is 197 g/mol. The maximum Gasteiger partial charge on any atom is 0.339 e. The van der Waals surface area contributed by atoms with Crippen LogP contribution in [0.4, 0.5) is 0 Å². The molecule has 3 nitrogen and oxygen atoms in total. The first kappa shape index (κ1) is 10.1. The van der Waals surface area contributed by atoms with Gasteiger partial charge in [-0.1, -0.05) is 0 Å². The first-order valence-electron chi connectivity index (χ1n) is 3.79. The molecule has 0 aromatic carbocycles. The van der Waals surface area contributed by atoms with E-state index >= 15 is 0 Å². The van der Waals surface area contributed by atoms with Crippen molar-refractivity contribution in [2.45, 2.75) is 11.9 Å². The number of aromatic nitrogens is 1. The Morgan fingerprint density at radius 1 is 1.54 bits per heavy atom. The highest BCUT2D eigenvalue weighted by Gasteiger charge is 2.09. The molecule has 0 N–H and O–H groups in total. The Labute approximate surface area is 81.5 Å². The quantitative estimate of drug-likeness (QED) is 0.536. The molecule has 0 fully saturated rings. The number of nitrogens with zero attached hydrogens (tertiary/aromatic N) is 1. The van der Waals surface area contributed by atoms with Gasteiger partial charge in [0.1, 0.15) is 0 Å². The van der Waals surface area contributed by atoms with Crippen LogP contribution >= 0.6 is 11.8 Å². The van der Waals surface area contributed by atoms with E-state index in [0.29, 0.717) is 11.3 Å². The summed E-state index contributed by atoms with van der Waals surface area (Å²) in [4.78, 5) is 15.4. The topological polar surface area (TPSA) is 39.2 Å². The van der Waals surface area contributed by atoms with E-state index in [1.54, 1.807) is 24.8 Å². The Bertz CT molecular complexity index is 325.